The quantitative estimate of drug-likeness (QED) is 0.200. The van der Waals surface area contributed by atoms with Crippen molar-refractivity contribution in [1.29, 1.82) is 0 Å². The average molecular weight is 362 g/mol. The molecule has 0 radical (unpaired) electrons. The molecule has 0 saturated heterocycles. The molecule has 3 nitrogen and oxygen atoms in total. The number of hydrogen-bond acceptors (Lipinski definition) is 3. The summed E-state index contributed by atoms with van der Waals surface area (Å²) in [5, 5.41) is 4.69. The smallest absolute Gasteiger partial charge is 0.305 e. The van der Waals surface area contributed by atoms with Crippen molar-refractivity contribution >= 4 is 33.3 Å². The lowest BCUT2D eigenvalue weighted by molar-refractivity contribution is -0.140. The zero-order valence-electron chi connectivity index (χ0n) is 15.9. The number of methoxy groups -OCH3 is 1. The molecule has 0 aliphatic rings. The van der Waals surface area contributed by atoms with Gasteiger partial charge in [-0.25, -0.2) is 0 Å². The van der Waals surface area contributed by atoms with Crippen LogP contribution in [0.1, 0.15) is 55.3 Å². The highest BCUT2D eigenvalue weighted by atomic mass is 16.5. The fraction of sp³-hybridized carbons (Fsp3) is 0.333. The van der Waals surface area contributed by atoms with Crippen LogP contribution in [0.2, 0.25) is 0 Å². The van der Waals surface area contributed by atoms with Gasteiger partial charge in [-0.3, -0.25) is 9.59 Å². The molecule has 0 amide bonds. The van der Waals surface area contributed by atoms with Gasteiger partial charge in [-0.2, -0.15) is 0 Å². The first kappa shape index (κ1) is 19.1. The number of fused-ring (bicyclic) bond motifs is 2. The molecule has 0 aromatic heterocycles. The fourth-order valence-corrected chi connectivity index (χ4v) is 3.45. The van der Waals surface area contributed by atoms with Crippen LogP contribution >= 0.6 is 0 Å². The predicted molar refractivity (Wildman–Crippen MR) is 110 cm³/mol. The number of carbonyl (C=O) groups is 2. The van der Waals surface area contributed by atoms with Gasteiger partial charge in [0.1, 0.15) is 0 Å². The summed E-state index contributed by atoms with van der Waals surface area (Å²) < 4.78 is 4.63. The van der Waals surface area contributed by atoms with Crippen LogP contribution < -0.4 is 0 Å². The highest BCUT2D eigenvalue weighted by Gasteiger charge is 2.07. The van der Waals surface area contributed by atoms with Crippen molar-refractivity contribution in [3.8, 4) is 0 Å². The molecule has 3 rings (SSSR count). The Balaban J connectivity index is 1.51. The number of ketones is 1. The van der Waals surface area contributed by atoms with E-state index in [4.69, 9.17) is 0 Å². The molecule has 0 unspecified atom stereocenters. The Bertz CT molecular complexity index is 943. The molecule has 0 heterocycles. The first-order chi connectivity index (χ1) is 13.2. The van der Waals surface area contributed by atoms with Crippen molar-refractivity contribution in [3.05, 3.63) is 60.2 Å². The van der Waals surface area contributed by atoms with Crippen LogP contribution in [0.5, 0.6) is 0 Å². The molecule has 0 aliphatic heterocycles. The van der Waals surface area contributed by atoms with Crippen LogP contribution in [0.15, 0.2) is 54.6 Å². The van der Waals surface area contributed by atoms with Gasteiger partial charge in [0.25, 0.3) is 0 Å². The summed E-state index contributed by atoms with van der Waals surface area (Å²) in [5.41, 5.74) is 0.795. The molecule has 3 aromatic carbocycles. The standard InChI is InChI=1S/C24H26O3/c1-27-24(26)12-6-4-2-3-5-11-23(25)21-14-13-20-15-18-9-7-8-10-19(18)16-22(20)17-21/h7-10,13-17H,2-6,11-12H2,1H3. The first-order valence-electron chi connectivity index (χ1n) is 9.70. The summed E-state index contributed by atoms with van der Waals surface area (Å²) in [4.78, 5) is 23.6. The highest BCUT2D eigenvalue weighted by Crippen LogP contribution is 2.24. The molecule has 27 heavy (non-hydrogen) atoms. The van der Waals surface area contributed by atoms with Crippen LogP contribution in [0, 0.1) is 0 Å². The second kappa shape index (κ2) is 9.31. The van der Waals surface area contributed by atoms with E-state index in [-0.39, 0.29) is 11.8 Å². The van der Waals surface area contributed by atoms with Gasteiger partial charge in [-0.05, 0) is 52.6 Å². The number of unbranched alkanes of at least 4 members (excludes halogenated alkanes) is 4. The molecule has 0 atom stereocenters. The molecule has 0 bridgehead atoms. The van der Waals surface area contributed by atoms with Gasteiger partial charge in [-0.15, -0.1) is 0 Å². The third-order valence-electron chi connectivity index (χ3n) is 5.04. The monoisotopic (exact) mass is 362 g/mol. The van der Waals surface area contributed by atoms with Gasteiger partial charge in [0, 0.05) is 18.4 Å². The van der Waals surface area contributed by atoms with Crippen LogP contribution in [0.25, 0.3) is 21.5 Å². The normalized spacial score (nSPS) is 11.0. The third kappa shape index (κ3) is 5.16. The van der Waals surface area contributed by atoms with E-state index < -0.39 is 0 Å². The van der Waals surface area contributed by atoms with E-state index >= 15 is 0 Å². The molecular weight excluding hydrogens is 336 g/mol. The number of hydrogen-bond donors (Lipinski definition) is 0. The van der Waals surface area contributed by atoms with Crippen LogP contribution in [-0.4, -0.2) is 18.9 Å². The summed E-state index contributed by atoms with van der Waals surface area (Å²) >= 11 is 0. The van der Waals surface area contributed by atoms with Crippen molar-refractivity contribution in [2.75, 3.05) is 7.11 Å². The maximum Gasteiger partial charge on any atom is 0.305 e. The fourth-order valence-electron chi connectivity index (χ4n) is 3.45. The highest BCUT2D eigenvalue weighted by molar-refractivity contribution is 6.03. The van der Waals surface area contributed by atoms with Gasteiger partial charge in [0.05, 0.1) is 7.11 Å². The van der Waals surface area contributed by atoms with E-state index in [2.05, 4.69) is 29.0 Å². The second-order valence-corrected chi connectivity index (χ2v) is 7.03. The lowest BCUT2D eigenvalue weighted by atomic mass is 9.98. The van der Waals surface area contributed by atoms with Gasteiger partial charge >= 0.3 is 5.97 Å². The zero-order chi connectivity index (χ0) is 19.1. The summed E-state index contributed by atoms with van der Waals surface area (Å²) in [6.45, 7) is 0. The minimum atomic E-state index is -0.144. The molecule has 140 valence electrons. The van der Waals surface area contributed by atoms with E-state index in [1.165, 1.54) is 17.9 Å². The van der Waals surface area contributed by atoms with Crippen LogP contribution in [0.4, 0.5) is 0 Å². The Kier molecular flexibility index (Phi) is 6.59. The van der Waals surface area contributed by atoms with Gasteiger partial charge in [-0.1, -0.05) is 55.7 Å². The molecule has 0 N–H and O–H groups in total. The average Bonchev–Trinajstić information content (AvgIpc) is 2.70. The lowest BCUT2D eigenvalue weighted by Gasteiger charge is -2.06. The number of ether oxygens (including phenoxy) is 1. The van der Waals surface area contributed by atoms with Crippen LogP contribution in [0.3, 0.4) is 0 Å². The SMILES string of the molecule is COC(=O)CCCCCCCC(=O)c1ccc2cc3ccccc3cc2c1. The van der Waals surface area contributed by atoms with Crippen molar-refractivity contribution in [2.24, 2.45) is 0 Å². The Morgan fingerprint density at radius 2 is 1.30 bits per heavy atom. The van der Waals surface area contributed by atoms with E-state index in [1.807, 2.05) is 30.3 Å². The number of Topliss-reactive ketones (excluding diaryl/α,β-unsaturated/α-hetero) is 1. The lowest BCUT2D eigenvalue weighted by Crippen LogP contribution is -2.00. The van der Waals surface area contributed by atoms with Gasteiger partial charge < -0.3 is 4.74 Å². The zero-order valence-corrected chi connectivity index (χ0v) is 15.9. The maximum atomic E-state index is 12.5. The molecule has 0 spiro atoms. The third-order valence-corrected chi connectivity index (χ3v) is 5.04. The van der Waals surface area contributed by atoms with E-state index in [9.17, 15) is 9.59 Å². The largest absolute Gasteiger partial charge is 0.469 e. The van der Waals surface area contributed by atoms with Crippen molar-refractivity contribution in [3.63, 3.8) is 0 Å². The Hall–Kier alpha value is -2.68. The van der Waals surface area contributed by atoms with Crippen LogP contribution in [-0.2, 0) is 9.53 Å². The molecular formula is C24H26O3. The number of benzene rings is 3. The minimum Gasteiger partial charge on any atom is -0.469 e. The van der Waals surface area contributed by atoms with E-state index in [1.54, 1.807) is 0 Å². The van der Waals surface area contributed by atoms with Gasteiger partial charge in [0.15, 0.2) is 5.78 Å². The summed E-state index contributed by atoms with van der Waals surface area (Å²) in [5.74, 6) is 0.0638. The first-order valence-corrected chi connectivity index (χ1v) is 9.70. The molecule has 0 fully saturated rings. The summed E-state index contributed by atoms with van der Waals surface area (Å²) in [6.07, 6.45) is 5.90. The Morgan fingerprint density at radius 3 is 2.00 bits per heavy atom. The van der Waals surface area contributed by atoms with Gasteiger partial charge in [0.2, 0.25) is 0 Å². The number of rotatable bonds is 9. The Labute approximate surface area is 160 Å². The number of carbonyl (C=O) groups excluding carboxylic acids is 2. The van der Waals surface area contributed by atoms with Crippen molar-refractivity contribution < 1.29 is 14.3 Å². The molecule has 3 aromatic rings. The summed E-state index contributed by atoms with van der Waals surface area (Å²) in [7, 11) is 1.42. The topological polar surface area (TPSA) is 43.4 Å². The Morgan fingerprint density at radius 1 is 0.704 bits per heavy atom. The van der Waals surface area contributed by atoms with Crippen molar-refractivity contribution in [2.45, 2.75) is 44.9 Å². The maximum absolute atomic E-state index is 12.5. The van der Waals surface area contributed by atoms with E-state index in [0.717, 1.165) is 48.4 Å². The molecule has 3 heteroatoms. The second-order valence-electron chi connectivity index (χ2n) is 7.03. The molecule has 0 aliphatic carbocycles. The number of esters is 1. The van der Waals surface area contributed by atoms with Crippen molar-refractivity contribution in [1.82, 2.24) is 0 Å². The predicted octanol–water partition coefficient (Wildman–Crippen LogP) is 6.08. The minimum absolute atomic E-state index is 0.144. The van der Waals surface area contributed by atoms with E-state index in [0.29, 0.717) is 12.8 Å². The molecule has 0 saturated carbocycles. The summed E-state index contributed by atoms with van der Waals surface area (Å²) in [6, 6.07) is 18.6.